The number of carbonyl (C=O) groups excluding carboxylic acids is 3. The molecule has 1 aromatic rings. The van der Waals surface area contributed by atoms with Gasteiger partial charge in [0, 0.05) is 17.6 Å². The molecule has 0 spiro atoms. The maximum Gasteiger partial charge on any atom is 0.294 e. The normalized spacial score (nSPS) is 16.3. The van der Waals surface area contributed by atoms with Crippen LogP contribution in [-0.2, 0) is 9.59 Å². The number of nitrogens with zero attached hydrogens (tertiary/aromatic N) is 2. The Morgan fingerprint density at radius 3 is 2.61 bits per heavy atom. The standard InChI is InChI=1S/C16H17BrN2O3S/c1-3-18(4-2)14(20)10-19-15(21)13(23-16(19)22)9-11-6-5-7-12(17)8-11/h5-9H,3-4,10H2,1-2H3/b13-9-. The minimum atomic E-state index is -0.416. The van der Waals surface area contributed by atoms with Crippen LogP contribution in [0.3, 0.4) is 0 Å². The van der Waals surface area contributed by atoms with Crippen molar-refractivity contribution in [3.63, 3.8) is 0 Å². The predicted molar refractivity (Wildman–Crippen MR) is 94.7 cm³/mol. The highest BCUT2D eigenvalue weighted by Gasteiger charge is 2.36. The Bertz CT molecular complexity index is 671. The van der Waals surface area contributed by atoms with Crippen molar-refractivity contribution in [1.29, 1.82) is 0 Å². The Balaban J connectivity index is 2.15. The van der Waals surface area contributed by atoms with Crippen LogP contribution >= 0.6 is 27.7 Å². The Hall–Kier alpha value is -1.60. The molecule has 1 saturated heterocycles. The largest absolute Gasteiger partial charge is 0.342 e. The minimum Gasteiger partial charge on any atom is -0.342 e. The Morgan fingerprint density at radius 1 is 1.30 bits per heavy atom. The number of amides is 3. The first-order valence-corrected chi connectivity index (χ1v) is 8.86. The van der Waals surface area contributed by atoms with Crippen molar-refractivity contribution in [2.24, 2.45) is 0 Å². The van der Waals surface area contributed by atoms with Crippen LogP contribution in [0.5, 0.6) is 0 Å². The molecule has 7 heteroatoms. The van der Waals surface area contributed by atoms with Crippen molar-refractivity contribution in [2.75, 3.05) is 19.6 Å². The summed E-state index contributed by atoms with van der Waals surface area (Å²) < 4.78 is 0.891. The topological polar surface area (TPSA) is 57.7 Å². The SMILES string of the molecule is CCN(CC)C(=O)CN1C(=O)S/C(=C\c2cccc(Br)c2)C1=O. The van der Waals surface area contributed by atoms with E-state index in [-0.39, 0.29) is 12.5 Å². The van der Waals surface area contributed by atoms with E-state index in [2.05, 4.69) is 15.9 Å². The van der Waals surface area contributed by atoms with Crippen molar-refractivity contribution in [3.8, 4) is 0 Å². The lowest BCUT2D eigenvalue weighted by Gasteiger charge is -2.21. The monoisotopic (exact) mass is 396 g/mol. The molecule has 23 heavy (non-hydrogen) atoms. The lowest BCUT2D eigenvalue weighted by Crippen LogP contribution is -2.41. The number of imide groups is 1. The molecule has 5 nitrogen and oxygen atoms in total. The smallest absolute Gasteiger partial charge is 0.294 e. The lowest BCUT2D eigenvalue weighted by atomic mass is 10.2. The van der Waals surface area contributed by atoms with Crippen molar-refractivity contribution in [2.45, 2.75) is 13.8 Å². The van der Waals surface area contributed by atoms with Gasteiger partial charge in [-0.25, -0.2) is 0 Å². The molecule has 122 valence electrons. The van der Waals surface area contributed by atoms with Gasteiger partial charge in [-0.05, 0) is 49.4 Å². The molecule has 2 rings (SSSR count). The summed E-state index contributed by atoms with van der Waals surface area (Å²) in [5.74, 6) is -0.638. The summed E-state index contributed by atoms with van der Waals surface area (Å²) in [7, 11) is 0. The molecule has 0 aromatic heterocycles. The van der Waals surface area contributed by atoms with E-state index in [9.17, 15) is 14.4 Å². The van der Waals surface area contributed by atoms with Gasteiger partial charge in [0.05, 0.1) is 4.91 Å². The highest BCUT2D eigenvalue weighted by Crippen LogP contribution is 2.32. The van der Waals surface area contributed by atoms with Crippen LogP contribution in [0, 0.1) is 0 Å². The number of likely N-dealkylation sites (N-methyl/N-ethyl adjacent to an activating group) is 1. The Labute approximate surface area is 147 Å². The van der Waals surface area contributed by atoms with Gasteiger partial charge in [0.2, 0.25) is 5.91 Å². The van der Waals surface area contributed by atoms with Crippen LogP contribution < -0.4 is 0 Å². The summed E-state index contributed by atoms with van der Waals surface area (Å²) >= 11 is 4.23. The van der Waals surface area contributed by atoms with Gasteiger partial charge in [-0.3, -0.25) is 19.3 Å². The second kappa shape index (κ2) is 7.79. The molecular weight excluding hydrogens is 380 g/mol. The number of hydrogen-bond acceptors (Lipinski definition) is 4. The second-order valence-corrected chi connectivity index (χ2v) is 6.80. The fourth-order valence-electron chi connectivity index (χ4n) is 2.20. The summed E-state index contributed by atoms with van der Waals surface area (Å²) in [4.78, 5) is 39.5. The van der Waals surface area contributed by atoms with E-state index in [0.29, 0.717) is 18.0 Å². The molecule has 0 saturated carbocycles. The summed E-state index contributed by atoms with van der Waals surface area (Å²) in [5, 5.41) is -0.406. The predicted octanol–water partition coefficient (Wildman–Crippen LogP) is 3.35. The van der Waals surface area contributed by atoms with Crippen molar-refractivity contribution in [1.82, 2.24) is 9.80 Å². The first-order valence-electron chi connectivity index (χ1n) is 7.25. The lowest BCUT2D eigenvalue weighted by molar-refractivity contribution is -0.135. The Kier molecular flexibility index (Phi) is 6.01. The van der Waals surface area contributed by atoms with Gasteiger partial charge < -0.3 is 4.90 Å². The first-order chi connectivity index (χ1) is 11.0. The molecule has 1 aliphatic heterocycles. The van der Waals surface area contributed by atoms with Gasteiger partial charge in [-0.2, -0.15) is 0 Å². The first kappa shape index (κ1) is 17.7. The third-order valence-electron chi connectivity index (χ3n) is 3.43. The average Bonchev–Trinajstić information content (AvgIpc) is 2.76. The van der Waals surface area contributed by atoms with Gasteiger partial charge in [0.1, 0.15) is 6.54 Å². The number of thioether (sulfide) groups is 1. The quantitative estimate of drug-likeness (QED) is 0.715. The van der Waals surface area contributed by atoms with E-state index >= 15 is 0 Å². The van der Waals surface area contributed by atoms with E-state index in [1.165, 1.54) is 0 Å². The van der Waals surface area contributed by atoms with E-state index < -0.39 is 11.1 Å². The van der Waals surface area contributed by atoms with Crippen LogP contribution in [-0.4, -0.2) is 46.5 Å². The number of halogens is 1. The zero-order valence-corrected chi connectivity index (χ0v) is 15.3. The van der Waals surface area contributed by atoms with E-state index in [1.807, 2.05) is 38.1 Å². The zero-order chi connectivity index (χ0) is 17.0. The summed E-state index contributed by atoms with van der Waals surface area (Å²) in [6.45, 7) is 4.63. The molecule has 1 aliphatic rings. The van der Waals surface area contributed by atoms with Crippen LogP contribution in [0.1, 0.15) is 19.4 Å². The van der Waals surface area contributed by atoms with Crippen molar-refractivity contribution >= 4 is 50.8 Å². The van der Waals surface area contributed by atoms with Crippen LogP contribution in [0.2, 0.25) is 0 Å². The van der Waals surface area contributed by atoms with Gasteiger partial charge >= 0.3 is 0 Å². The molecule has 1 fully saturated rings. The van der Waals surface area contributed by atoms with Gasteiger partial charge in [0.15, 0.2) is 0 Å². The summed E-state index contributed by atoms with van der Waals surface area (Å²) in [6, 6.07) is 7.44. The summed E-state index contributed by atoms with van der Waals surface area (Å²) in [6.07, 6.45) is 1.66. The highest BCUT2D eigenvalue weighted by atomic mass is 79.9. The number of rotatable bonds is 5. The molecule has 0 bridgehead atoms. The molecule has 1 aromatic carbocycles. The third-order valence-corrected chi connectivity index (χ3v) is 4.83. The molecule has 0 unspecified atom stereocenters. The molecule has 0 radical (unpaired) electrons. The maximum atomic E-state index is 12.4. The number of benzene rings is 1. The van der Waals surface area contributed by atoms with Gasteiger partial charge in [0.25, 0.3) is 11.1 Å². The molecule has 0 atom stereocenters. The minimum absolute atomic E-state index is 0.206. The zero-order valence-electron chi connectivity index (χ0n) is 12.9. The second-order valence-electron chi connectivity index (χ2n) is 4.89. The number of carbonyl (C=O) groups is 3. The average molecular weight is 397 g/mol. The van der Waals surface area contributed by atoms with Gasteiger partial charge in [-0.1, -0.05) is 28.1 Å². The van der Waals surface area contributed by atoms with Crippen molar-refractivity contribution < 1.29 is 14.4 Å². The van der Waals surface area contributed by atoms with Crippen LogP contribution in [0.25, 0.3) is 6.08 Å². The molecule has 1 heterocycles. The van der Waals surface area contributed by atoms with Gasteiger partial charge in [-0.15, -0.1) is 0 Å². The fourth-order valence-corrected chi connectivity index (χ4v) is 3.45. The summed E-state index contributed by atoms with van der Waals surface area (Å²) in [5.41, 5.74) is 0.819. The van der Waals surface area contributed by atoms with E-state index in [1.54, 1.807) is 11.0 Å². The van der Waals surface area contributed by atoms with Crippen molar-refractivity contribution in [3.05, 3.63) is 39.2 Å². The fraction of sp³-hybridized carbons (Fsp3) is 0.312. The number of hydrogen-bond donors (Lipinski definition) is 0. The third kappa shape index (κ3) is 4.23. The van der Waals surface area contributed by atoms with Crippen LogP contribution in [0.15, 0.2) is 33.6 Å². The maximum absolute atomic E-state index is 12.4. The molecule has 0 aliphatic carbocycles. The molecular formula is C16H17BrN2O3S. The van der Waals surface area contributed by atoms with E-state index in [4.69, 9.17) is 0 Å². The van der Waals surface area contributed by atoms with E-state index in [0.717, 1.165) is 26.7 Å². The Morgan fingerprint density at radius 2 is 2.00 bits per heavy atom. The molecule has 3 amide bonds. The van der Waals surface area contributed by atoms with Crippen LogP contribution in [0.4, 0.5) is 4.79 Å². The highest BCUT2D eigenvalue weighted by molar-refractivity contribution is 9.10. The molecule has 0 N–H and O–H groups in total.